The Hall–Kier alpha value is -2.73. The minimum absolute atomic E-state index is 0.0860. The van der Waals surface area contributed by atoms with E-state index in [0.717, 1.165) is 37.9 Å². The van der Waals surface area contributed by atoms with Crippen molar-refractivity contribution in [3.05, 3.63) is 66.0 Å². The van der Waals surface area contributed by atoms with Crippen LogP contribution in [0.3, 0.4) is 0 Å². The summed E-state index contributed by atoms with van der Waals surface area (Å²) in [7, 11) is 0. The first-order chi connectivity index (χ1) is 13.7. The van der Waals surface area contributed by atoms with Gasteiger partial charge in [-0.2, -0.15) is 0 Å². The van der Waals surface area contributed by atoms with Crippen molar-refractivity contribution in [2.45, 2.75) is 37.8 Å². The van der Waals surface area contributed by atoms with E-state index in [1.54, 1.807) is 12.4 Å². The van der Waals surface area contributed by atoms with E-state index in [-0.39, 0.29) is 24.4 Å². The van der Waals surface area contributed by atoms with Crippen molar-refractivity contribution in [2.24, 2.45) is 5.92 Å². The van der Waals surface area contributed by atoms with Crippen molar-refractivity contribution in [2.75, 3.05) is 13.1 Å². The number of aromatic nitrogens is 1. The Morgan fingerprint density at radius 2 is 1.71 bits per heavy atom. The minimum Gasteiger partial charge on any atom is -0.323 e. The lowest BCUT2D eigenvalue weighted by Crippen LogP contribution is -2.56. The molecule has 6 heteroatoms. The summed E-state index contributed by atoms with van der Waals surface area (Å²) in [5.74, 6) is 0.0634. The molecule has 0 radical (unpaired) electrons. The highest BCUT2D eigenvalue weighted by Gasteiger charge is 2.55. The summed E-state index contributed by atoms with van der Waals surface area (Å²) in [4.78, 5) is 31.8. The molecule has 2 fully saturated rings. The van der Waals surface area contributed by atoms with E-state index in [1.807, 2.05) is 30.3 Å². The normalized spacial score (nSPS) is 23.1. The molecule has 0 spiro atoms. The van der Waals surface area contributed by atoms with Gasteiger partial charge in [0, 0.05) is 12.4 Å². The molecule has 0 aliphatic carbocycles. The number of imide groups is 1. The smallest absolute Gasteiger partial charge is 0.323 e. The first kappa shape index (κ1) is 18.6. The van der Waals surface area contributed by atoms with Gasteiger partial charge in [0.1, 0.15) is 5.54 Å². The van der Waals surface area contributed by atoms with Crippen LogP contribution in [0.2, 0.25) is 0 Å². The number of hydrogen-bond donors (Lipinski definition) is 2. The van der Waals surface area contributed by atoms with Gasteiger partial charge in [-0.05, 0) is 68.0 Å². The third-order valence-corrected chi connectivity index (χ3v) is 5.98. The lowest BCUT2D eigenvalue weighted by atomic mass is 9.74. The summed E-state index contributed by atoms with van der Waals surface area (Å²) >= 11 is 0. The maximum absolute atomic E-state index is 13.6. The molecule has 0 bridgehead atoms. The van der Waals surface area contributed by atoms with E-state index < -0.39 is 5.54 Å². The minimum atomic E-state index is -0.817. The Morgan fingerprint density at radius 3 is 2.43 bits per heavy atom. The highest BCUT2D eigenvalue weighted by Crippen LogP contribution is 2.36. The molecule has 146 valence electrons. The second kappa shape index (κ2) is 8.10. The lowest BCUT2D eigenvalue weighted by Gasteiger charge is -2.38. The van der Waals surface area contributed by atoms with Crippen molar-refractivity contribution in [3.8, 4) is 0 Å². The maximum atomic E-state index is 13.6. The summed E-state index contributed by atoms with van der Waals surface area (Å²) in [5, 5.41) is 6.48. The predicted molar refractivity (Wildman–Crippen MR) is 106 cm³/mol. The van der Waals surface area contributed by atoms with Gasteiger partial charge in [-0.15, -0.1) is 0 Å². The van der Waals surface area contributed by atoms with Crippen molar-refractivity contribution < 1.29 is 9.59 Å². The maximum Gasteiger partial charge on any atom is 0.325 e. The molecule has 1 aromatic carbocycles. The summed E-state index contributed by atoms with van der Waals surface area (Å²) < 4.78 is 0. The number of piperidine rings is 1. The van der Waals surface area contributed by atoms with Crippen LogP contribution in [0.4, 0.5) is 4.79 Å². The number of nitrogens with zero attached hydrogens (tertiary/aromatic N) is 2. The SMILES string of the molecule is O=C1N[C@@](CCc2ccccc2)(C2CCNCC2)C(=O)N1Cc1ccncc1. The van der Waals surface area contributed by atoms with Crippen LogP contribution in [0.15, 0.2) is 54.9 Å². The Morgan fingerprint density at radius 1 is 1.00 bits per heavy atom. The molecule has 4 rings (SSSR count). The van der Waals surface area contributed by atoms with Gasteiger partial charge in [-0.25, -0.2) is 4.79 Å². The molecule has 2 aromatic rings. The van der Waals surface area contributed by atoms with Crippen molar-refractivity contribution in [3.63, 3.8) is 0 Å². The van der Waals surface area contributed by atoms with Crippen LogP contribution in [0, 0.1) is 5.92 Å². The van der Waals surface area contributed by atoms with E-state index in [2.05, 4.69) is 27.8 Å². The highest BCUT2D eigenvalue weighted by molar-refractivity contribution is 6.07. The Bertz CT molecular complexity index is 821. The average molecular weight is 378 g/mol. The number of carbonyl (C=O) groups is 2. The molecule has 3 amide bonds. The number of nitrogens with one attached hydrogen (secondary N) is 2. The van der Waals surface area contributed by atoms with Crippen LogP contribution in [-0.2, 0) is 17.8 Å². The van der Waals surface area contributed by atoms with Crippen molar-refractivity contribution in [1.29, 1.82) is 0 Å². The molecule has 0 unspecified atom stereocenters. The fraction of sp³-hybridized carbons (Fsp3) is 0.409. The van der Waals surface area contributed by atoms with E-state index in [1.165, 1.54) is 10.5 Å². The fourth-order valence-corrected chi connectivity index (χ4v) is 4.41. The van der Waals surface area contributed by atoms with Crippen molar-refractivity contribution in [1.82, 2.24) is 20.5 Å². The van der Waals surface area contributed by atoms with Crippen molar-refractivity contribution >= 4 is 11.9 Å². The summed E-state index contributed by atoms with van der Waals surface area (Å²) in [5.41, 5.74) is 1.27. The second-order valence-corrected chi connectivity index (χ2v) is 7.66. The molecule has 28 heavy (non-hydrogen) atoms. The van der Waals surface area contributed by atoms with Crippen LogP contribution < -0.4 is 10.6 Å². The van der Waals surface area contributed by atoms with E-state index in [9.17, 15) is 9.59 Å². The molecule has 2 aliphatic rings. The number of rotatable bonds is 6. The topological polar surface area (TPSA) is 74.3 Å². The lowest BCUT2D eigenvalue weighted by molar-refractivity contribution is -0.134. The van der Waals surface area contributed by atoms with Gasteiger partial charge in [-0.3, -0.25) is 14.7 Å². The number of carbonyl (C=O) groups excluding carboxylic acids is 2. The Labute approximate surface area is 165 Å². The zero-order chi connectivity index (χ0) is 19.4. The number of amides is 3. The largest absolute Gasteiger partial charge is 0.325 e. The number of hydrogen-bond acceptors (Lipinski definition) is 4. The third-order valence-electron chi connectivity index (χ3n) is 5.98. The molecule has 2 aliphatic heterocycles. The van der Waals surface area contributed by atoms with Gasteiger partial charge in [0.05, 0.1) is 6.54 Å². The number of benzene rings is 1. The van der Waals surface area contributed by atoms with Gasteiger partial charge >= 0.3 is 6.03 Å². The van der Waals surface area contributed by atoms with E-state index in [4.69, 9.17) is 0 Å². The van der Waals surface area contributed by atoms with Gasteiger partial charge in [0.25, 0.3) is 5.91 Å². The number of urea groups is 1. The second-order valence-electron chi connectivity index (χ2n) is 7.66. The third kappa shape index (κ3) is 3.64. The van der Waals surface area contributed by atoms with Crippen LogP contribution in [0.5, 0.6) is 0 Å². The first-order valence-corrected chi connectivity index (χ1v) is 9.97. The molecule has 6 nitrogen and oxygen atoms in total. The zero-order valence-electron chi connectivity index (χ0n) is 15.9. The van der Waals surface area contributed by atoms with Gasteiger partial charge in [0.2, 0.25) is 0 Å². The van der Waals surface area contributed by atoms with E-state index >= 15 is 0 Å². The van der Waals surface area contributed by atoms with Crippen LogP contribution >= 0.6 is 0 Å². The van der Waals surface area contributed by atoms with E-state index in [0.29, 0.717) is 6.42 Å². The highest BCUT2D eigenvalue weighted by atomic mass is 16.2. The molecule has 1 aromatic heterocycles. The molecule has 3 heterocycles. The quantitative estimate of drug-likeness (QED) is 0.758. The van der Waals surface area contributed by atoms with Gasteiger partial charge < -0.3 is 10.6 Å². The summed E-state index contributed by atoms with van der Waals surface area (Å²) in [6.45, 7) is 2.04. The summed E-state index contributed by atoms with van der Waals surface area (Å²) in [6, 6.07) is 13.6. The van der Waals surface area contributed by atoms with Gasteiger partial charge in [0.15, 0.2) is 0 Å². The monoisotopic (exact) mass is 378 g/mol. The Balaban J connectivity index is 1.59. The van der Waals surface area contributed by atoms with Crippen LogP contribution in [0.1, 0.15) is 30.4 Å². The number of aryl methyl sites for hydroxylation is 1. The average Bonchev–Trinajstić information content (AvgIpc) is 2.99. The van der Waals surface area contributed by atoms with Gasteiger partial charge in [-0.1, -0.05) is 30.3 Å². The molecule has 1 atom stereocenters. The molecule has 2 N–H and O–H groups in total. The molecule has 0 saturated carbocycles. The van der Waals surface area contributed by atoms with Crippen LogP contribution in [0.25, 0.3) is 0 Å². The Kier molecular flexibility index (Phi) is 5.39. The predicted octanol–water partition coefficient (Wildman–Crippen LogP) is 2.50. The first-order valence-electron chi connectivity index (χ1n) is 9.97. The molecular weight excluding hydrogens is 352 g/mol. The number of pyridine rings is 1. The molecular formula is C22H26N4O2. The zero-order valence-corrected chi connectivity index (χ0v) is 15.9. The fourth-order valence-electron chi connectivity index (χ4n) is 4.41. The molecule has 2 saturated heterocycles. The van der Waals surface area contributed by atoms with Crippen LogP contribution in [-0.4, -0.2) is 40.5 Å². The standard InChI is InChI=1S/C22H26N4O2/c27-20-22(19-9-14-24-15-10-19,11-6-17-4-2-1-3-5-17)25-21(28)26(20)16-18-7-12-23-13-8-18/h1-5,7-8,12-13,19,24H,6,9-11,14-16H2,(H,25,28)/t22-/m0/s1. The summed E-state index contributed by atoms with van der Waals surface area (Å²) in [6.07, 6.45) is 6.54.